The second-order valence-corrected chi connectivity index (χ2v) is 10.5. The van der Waals surface area contributed by atoms with E-state index in [1.54, 1.807) is 31.4 Å². The third kappa shape index (κ3) is 7.04. The van der Waals surface area contributed by atoms with Gasteiger partial charge in [-0.15, -0.1) is 0 Å². The molecule has 0 saturated heterocycles. The molecule has 11 heteroatoms. The van der Waals surface area contributed by atoms with Gasteiger partial charge in [0.25, 0.3) is 5.91 Å². The van der Waals surface area contributed by atoms with Crippen molar-refractivity contribution in [3.05, 3.63) is 88.3 Å². The van der Waals surface area contributed by atoms with Crippen LogP contribution < -0.4 is 10.6 Å². The molecule has 2 heterocycles. The fourth-order valence-electron chi connectivity index (χ4n) is 4.66. The zero-order chi connectivity index (χ0) is 29.5. The summed E-state index contributed by atoms with van der Waals surface area (Å²) in [4.78, 5) is 32.0. The molecule has 5 N–H and O–H groups in total. The summed E-state index contributed by atoms with van der Waals surface area (Å²) in [6.07, 6.45) is 3.51. The van der Waals surface area contributed by atoms with Crippen molar-refractivity contribution in [3.63, 3.8) is 0 Å². The summed E-state index contributed by atoms with van der Waals surface area (Å²) in [5.41, 5.74) is 6.10. The van der Waals surface area contributed by atoms with Crippen LogP contribution in [0.5, 0.6) is 0 Å². The topological polar surface area (TPSA) is 129 Å². The van der Waals surface area contributed by atoms with E-state index in [0.29, 0.717) is 30.4 Å². The molecule has 0 spiro atoms. The molecule has 1 atom stereocenters. The van der Waals surface area contributed by atoms with Gasteiger partial charge in [-0.25, -0.2) is 0 Å². The molecular weight excluding hydrogens is 542 g/mol. The lowest BCUT2D eigenvalue weighted by Gasteiger charge is -2.19. The average molecular weight is 578 g/mol. The number of aromatic amines is 2. The van der Waals surface area contributed by atoms with Gasteiger partial charge in [0.2, 0.25) is 5.91 Å². The first-order valence-corrected chi connectivity index (χ1v) is 13.6. The van der Waals surface area contributed by atoms with Crippen LogP contribution in [-0.2, 0) is 17.9 Å². The molecule has 10 nitrogen and oxygen atoms in total. The number of rotatable bonds is 12. The fourth-order valence-corrected chi connectivity index (χ4v) is 4.90. The quantitative estimate of drug-likeness (QED) is 0.175. The number of hydrogen-bond acceptors (Lipinski definition) is 6. The molecule has 0 saturated carbocycles. The predicted octanol–water partition coefficient (Wildman–Crippen LogP) is 3.43. The number of nitrogens with one attached hydrogen (secondary N) is 4. The van der Waals surface area contributed by atoms with E-state index >= 15 is 0 Å². The summed E-state index contributed by atoms with van der Waals surface area (Å²) in [6.45, 7) is 1.01. The summed E-state index contributed by atoms with van der Waals surface area (Å²) in [5, 5.41) is 24.0. The van der Waals surface area contributed by atoms with Crippen molar-refractivity contribution in [2.24, 2.45) is 0 Å². The van der Waals surface area contributed by atoms with Gasteiger partial charge in [0.15, 0.2) is 0 Å². The summed E-state index contributed by atoms with van der Waals surface area (Å²) in [5.74, 6) is -0.304. The number of aromatic nitrogens is 3. The highest BCUT2D eigenvalue weighted by atomic mass is 35.5. The number of amides is 2. The molecule has 0 aliphatic carbocycles. The molecule has 41 heavy (non-hydrogen) atoms. The van der Waals surface area contributed by atoms with Gasteiger partial charge in [-0.3, -0.25) is 19.6 Å². The van der Waals surface area contributed by atoms with Gasteiger partial charge in [-0.2, -0.15) is 5.10 Å². The van der Waals surface area contributed by atoms with Gasteiger partial charge in [-0.1, -0.05) is 54.1 Å². The Morgan fingerprint density at radius 2 is 1.85 bits per heavy atom. The smallest absolute Gasteiger partial charge is 0.268 e. The second-order valence-electron chi connectivity index (χ2n) is 10.1. The second kappa shape index (κ2) is 13.6. The molecule has 0 bridgehead atoms. The Bertz CT molecular complexity index is 1480. The number of aliphatic hydroxyl groups excluding tert-OH is 1. The maximum Gasteiger partial charge on any atom is 0.268 e. The molecule has 2 amide bonds. The normalized spacial score (nSPS) is 12.0. The van der Waals surface area contributed by atoms with E-state index < -0.39 is 6.04 Å². The minimum Gasteiger partial charge on any atom is -0.394 e. The molecular formula is C30H36ClN7O3. The largest absolute Gasteiger partial charge is 0.394 e. The van der Waals surface area contributed by atoms with E-state index in [2.05, 4.69) is 25.8 Å². The van der Waals surface area contributed by atoms with Crippen LogP contribution in [0.1, 0.15) is 33.2 Å². The number of likely N-dealkylation sites (N-methyl/N-ethyl adjacent to an activating group) is 2. The summed E-state index contributed by atoms with van der Waals surface area (Å²) < 4.78 is 0. The highest BCUT2D eigenvalue weighted by Gasteiger charge is 2.24. The summed E-state index contributed by atoms with van der Waals surface area (Å²) >= 11 is 6.69. The predicted molar refractivity (Wildman–Crippen MR) is 160 cm³/mol. The van der Waals surface area contributed by atoms with E-state index in [9.17, 15) is 14.7 Å². The standard InChI is InChI=1S/C30H36ClN7O3/c1-32-13-23-24(14-33-29(23)30(41)35-26(18-39)19-8-6-5-7-9-19)28-22(15-34-36-28)20-10-11-21(25(31)12-20)16-38(4)17-27(40)37(2)3/h5-12,14-15,26,32-33,39H,13,16-18H2,1-4H3,(H,34,36)(H,35,41). The molecule has 0 aliphatic rings. The van der Waals surface area contributed by atoms with Gasteiger partial charge in [0, 0.05) is 55.1 Å². The lowest BCUT2D eigenvalue weighted by atomic mass is 9.98. The third-order valence-corrected chi connectivity index (χ3v) is 7.23. The Hall–Kier alpha value is -3.96. The lowest BCUT2D eigenvalue weighted by molar-refractivity contribution is -0.129. The van der Waals surface area contributed by atoms with E-state index in [1.807, 2.05) is 67.5 Å². The number of hydrogen-bond donors (Lipinski definition) is 5. The Balaban J connectivity index is 1.59. The van der Waals surface area contributed by atoms with Crippen LogP contribution in [0.25, 0.3) is 22.4 Å². The van der Waals surface area contributed by atoms with E-state index in [1.165, 1.54) is 0 Å². The number of benzene rings is 2. The molecule has 4 aromatic rings. The van der Waals surface area contributed by atoms with Crippen molar-refractivity contribution in [2.75, 3.05) is 41.3 Å². The number of halogens is 1. The van der Waals surface area contributed by atoms with Crippen LogP contribution in [0.2, 0.25) is 5.02 Å². The Kier molecular flexibility index (Phi) is 9.95. The first-order chi connectivity index (χ1) is 19.7. The SMILES string of the molecule is CNCc1c(-c2[nH]ncc2-c2ccc(CN(C)CC(=O)N(C)C)c(Cl)c2)c[nH]c1C(=O)NC(CO)c1ccccc1. The van der Waals surface area contributed by atoms with Crippen molar-refractivity contribution in [2.45, 2.75) is 19.1 Å². The highest BCUT2D eigenvalue weighted by molar-refractivity contribution is 6.31. The fraction of sp³-hybridized carbons (Fsp3) is 0.300. The number of H-pyrrole nitrogens is 2. The maximum absolute atomic E-state index is 13.3. The van der Waals surface area contributed by atoms with Gasteiger partial charge in [-0.05, 0) is 36.9 Å². The zero-order valence-electron chi connectivity index (χ0n) is 23.7. The minimum absolute atomic E-state index is 0.0205. The lowest BCUT2D eigenvalue weighted by Crippen LogP contribution is -2.34. The number of carbonyl (C=O) groups excluding carboxylic acids is 2. The van der Waals surface area contributed by atoms with Crippen molar-refractivity contribution in [1.82, 2.24) is 35.6 Å². The molecule has 2 aromatic heterocycles. The van der Waals surface area contributed by atoms with Gasteiger partial charge < -0.3 is 25.6 Å². The number of nitrogens with zero attached hydrogens (tertiary/aromatic N) is 3. The Morgan fingerprint density at radius 1 is 1.10 bits per heavy atom. The van der Waals surface area contributed by atoms with Crippen LogP contribution in [0.15, 0.2) is 60.9 Å². The van der Waals surface area contributed by atoms with Crippen LogP contribution >= 0.6 is 11.6 Å². The first kappa shape index (κ1) is 30.0. The van der Waals surface area contributed by atoms with Crippen molar-refractivity contribution < 1.29 is 14.7 Å². The monoisotopic (exact) mass is 577 g/mol. The van der Waals surface area contributed by atoms with E-state index in [4.69, 9.17) is 11.6 Å². The average Bonchev–Trinajstić information content (AvgIpc) is 3.60. The summed E-state index contributed by atoms with van der Waals surface area (Å²) in [6, 6.07) is 14.6. The Labute approximate surface area is 244 Å². The molecule has 216 valence electrons. The maximum atomic E-state index is 13.3. The van der Waals surface area contributed by atoms with Crippen molar-refractivity contribution in [3.8, 4) is 22.4 Å². The van der Waals surface area contributed by atoms with Crippen LogP contribution in [0.3, 0.4) is 0 Å². The van der Waals surface area contributed by atoms with Crippen LogP contribution in [0, 0.1) is 0 Å². The number of aliphatic hydroxyl groups is 1. The van der Waals surface area contributed by atoms with Gasteiger partial charge in [0.05, 0.1) is 31.1 Å². The molecule has 2 aromatic carbocycles. The molecule has 1 unspecified atom stereocenters. The summed E-state index contributed by atoms with van der Waals surface area (Å²) in [7, 11) is 7.16. The minimum atomic E-state index is -0.540. The van der Waals surface area contributed by atoms with E-state index in [0.717, 1.165) is 39.1 Å². The zero-order valence-corrected chi connectivity index (χ0v) is 24.4. The van der Waals surface area contributed by atoms with Gasteiger partial charge in [0.1, 0.15) is 5.69 Å². The van der Waals surface area contributed by atoms with Crippen molar-refractivity contribution >= 4 is 23.4 Å². The number of carbonyl (C=O) groups is 2. The van der Waals surface area contributed by atoms with Crippen molar-refractivity contribution in [1.29, 1.82) is 0 Å². The van der Waals surface area contributed by atoms with Crippen LogP contribution in [-0.4, -0.2) is 83.2 Å². The molecule has 4 rings (SSSR count). The highest BCUT2D eigenvalue weighted by Crippen LogP contribution is 2.35. The third-order valence-electron chi connectivity index (χ3n) is 6.88. The molecule has 0 radical (unpaired) electrons. The first-order valence-electron chi connectivity index (χ1n) is 13.3. The molecule has 0 fully saturated rings. The molecule has 0 aliphatic heterocycles. The Morgan fingerprint density at radius 3 is 2.51 bits per heavy atom. The van der Waals surface area contributed by atoms with Crippen LogP contribution in [0.4, 0.5) is 0 Å². The van der Waals surface area contributed by atoms with E-state index in [-0.39, 0.29) is 18.4 Å². The van der Waals surface area contributed by atoms with Gasteiger partial charge >= 0.3 is 0 Å².